The number of hydrogen-bond donors (Lipinski definition) is 2. The monoisotopic (exact) mass is 343 g/mol. The summed E-state index contributed by atoms with van der Waals surface area (Å²) in [6.07, 6.45) is 0.350. The zero-order valence-corrected chi connectivity index (χ0v) is 12.9. The van der Waals surface area contributed by atoms with Crippen molar-refractivity contribution in [3.05, 3.63) is 58.6 Å². The van der Waals surface area contributed by atoms with E-state index >= 15 is 0 Å². The van der Waals surface area contributed by atoms with Gasteiger partial charge in [0.1, 0.15) is 0 Å². The summed E-state index contributed by atoms with van der Waals surface area (Å²) in [6, 6.07) is 16.7. The highest BCUT2D eigenvalue weighted by Gasteiger charge is 2.03. The fraction of sp³-hybridized carbons (Fsp3) is 0.125. The Kier molecular flexibility index (Phi) is 5.35. The molecule has 0 aliphatic carbocycles. The number of benzene rings is 2. The number of nitrogens with zero attached hydrogens (tertiary/aromatic N) is 1. The number of halogens is 1. The Morgan fingerprint density at radius 2 is 1.90 bits per heavy atom. The molecule has 0 heterocycles. The number of carbonyl (C=O) groups excluding carboxylic acids is 1. The van der Waals surface area contributed by atoms with Crippen molar-refractivity contribution in [3.8, 4) is 6.07 Å². The Hall–Kier alpha value is -2.32. The van der Waals surface area contributed by atoms with E-state index in [1.54, 1.807) is 12.1 Å². The van der Waals surface area contributed by atoms with Crippen LogP contribution in [0, 0.1) is 11.3 Å². The fourth-order valence-electron chi connectivity index (χ4n) is 1.81. The Labute approximate surface area is 131 Å². The lowest BCUT2D eigenvalue weighted by molar-refractivity contribution is -0.115. The lowest BCUT2D eigenvalue weighted by Crippen LogP contribution is -2.16. The lowest BCUT2D eigenvalue weighted by Gasteiger charge is -2.08. The first-order valence-corrected chi connectivity index (χ1v) is 7.26. The molecule has 0 unspecified atom stereocenters. The molecule has 106 valence electrons. The van der Waals surface area contributed by atoms with Gasteiger partial charge in [0, 0.05) is 28.8 Å². The highest BCUT2D eigenvalue weighted by atomic mass is 79.9. The molecule has 0 spiro atoms. The van der Waals surface area contributed by atoms with E-state index in [1.165, 1.54) is 0 Å². The van der Waals surface area contributed by atoms with Gasteiger partial charge in [0.25, 0.3) is 0 Å². The Bertz CT molecular complexity index is 679. The first-order valence-electron chi connectivity index (χ1n) is 6.47. The molecule has 0 radical (unpaired) electrons. The summed E-state index contributed by atoms with van der Waals surface area (Å²) in [6.45, 7) is 0.509. The van der Waals surface area contributed by atoms with Gasteiger partial charge in [0.15, 0.2) is 0 Å². The Balaban J connectivity index is 1.80. The number of nitriles is 1. The fourth-order valence-corrected chi connectivity index (χ4v) is 2.21. The van der Waals surface area contributed by atoms with Crippen LogP contribution in [0.3, 0.4) is 0 Å². The van der Waals surface area contributed by atoms with Crippen molar-refractivity contribution in [2.45, 2.75) is 6.42 Å². The number of anilines is 2. The van der Waals surface area contributed by atoms with Crippen molar-refractivity contribution in [1.82, 2.24) is 0 Å². The van der Waals surface area contributed by atoms with Crippen LogP contribution in [0.15, 0.2) is 53.0 Å². The van der Waals surface area contributed by atoms with Crippen molar-refractivity contribution >= 4 is 33.2 Å². The number of amides is 1. The van der Waals surface area contributed by atoms with Crippen LogP contribution in [0.2, 0.25) is 0 Å². The van der Waals surface area contributed by atoms with Crippen LogP contribution in [0.4, 0.5) is 11.4 Å². The maximum Gasteiger partial charge on any atom is 0.226 e. The van der Waals surface area contributed by atoms with Crippen LogP contribution >= 0.6 is 15.9 Å². The molecule has 2 rings (SSSR count). The summed E-state index contributed by atoms with van der Waals surface area (Å²) in [5.74, 6) is -0.0583. The molecular weight excluding hydrogens is 330 g/mol. The topological polar surface area (TPSA) is 64.9 Å². The van der Waals surface area contributed by atoms with E-state index in [0.717, 1.165) is 15.8 Å². The molecule has 2 N–H and O–H groups in total. The molecule has 0 saturated carbocycles. The van der Waals surface area contributed by atoms with Crippen molar-refractivity contribution in [2.24, 2.45) is 0 Å². The summed E-state index contributed by atoms with van der Waals surface area (Å²) in [4.78, 5) is 11.8. The number of hydrogen-bond acceptors (Lipinski definition) is 3. The standard InChI is InChI=1S/C16H14BrN3O/c17-13-4-2-6-15(10-13)20-16(21)7-8-19-14-5-1-3-12(9-14)11-18/h1-6,9-10,19H,7-8H2,(H,20,21). The second kappa shape index (κ2) is 7.46. The molecule has 0 atom stereocenters. The average Bonchev–Trinajstić information content (AvgIpc) is 2.47. The average molecular weight is 344 g/mol. The minimum absolute atomic E-state index is 0.0583. The quantitative estimate of drug-likeness (QED) is 0.868. The molecule has 0 aliphatic rings. The van der Waals surface area contributed by atoms with Gasteiger partial charge in [-0.25, -0.2) is 0 Å². The van der Waals surface area contributed by atoms with Gasteiger partial charge in [-0.2, -0.15) is 5.26 Å². The maximum atomic E-state index is 11.8. The van der Waals surface area contributed by atoms with E-state index < -0.39 is 0 Å². The molecule has 0 aliphatic heterocycles. The molecular formula is C16H14BrN3O. The molecule has 0 saturated heterocycles. The zero-order chi connectivity index (χ0) is 15.1. The first-order chi connectivity index (χ1) is 10.2. The van der Waals surface area contributed by atoms with Crippen LogP contribution < -0.4 is 10.6 Å². The largest absolute Gasteiger partial charge is 0.384 e. The Morgan fingerprint density at radius 3 is 2.67 bits per heavy atom. The van der Waals surface area contributed by atoms with E-state index in [-0.39, 0.29) is 5.91 Å². The van der Waals surface area contributed by atoms with Crippen molar-refractivity contribution < 1.29 is 4.79 Å². The smallest absolute Gasteiger partial charge is 0.226 e. The predicted octanol–water partition coefficient (Wildman–Crippen LogP) is 3.76. The Morgan fingerprint density at radius 1 is 1.14 bits per heavy atom. The predicted molar refractivity (Wildman–Crippen MR) is 87.0 cm³/mol. The van der Waals surface area contributed by atoms with Crippen LogP contribution in [0.1, 0.15) is 12.0 Å². The SMILES string of the molecule is N#Cc1cccc(NCCC(=O)Nc2cccc(Br)c2)c1. The molecule has 2 aromatic rings. The lowest BCUT2D eigenvalue weighted by atomic mass is 10.2. The van der Waals surface area contributed by atoms with Gasteiger partial charge in [-0.3, -0.25) is 4.79 Å². The summed E-state index contributed by atoms with van der Waals surface area (Å²) >= 11 is 3.36. The molecule has 0 fully saturated rings. The normalized spacial score (nSPS) is 9.71. The van der Waals surface area contributed by atoms with E-state index in [1.807, 2.05) is 36.4 Å². The van der Waals surface area contributed by atoms with Crippen LogP contribution in [0.25, 0.3) is 0 Å². The molecule has 1 amide bonds. The molecule has 2 aromatic carbocycles. The zero-order valence-electron chi connectivity index (χ0n) is 11.3. The maximum absolute atomic E-state index is 11.8. The van der Waals surface area contributed by atoms with E-state index in [0.29, 0.717) is 18.5 Å². The summed E-state index contributed by atoms with van der Waals surface area (Å²) in [7, 11) is 0. The molecule has 21 heavy (non-hydrogen) atoms. The van der Waals surface area contributed by atoms with Crippen LogP contribution in [-0.2, 0) is 4.79 Å². The summed E-state index contributed by atoms with van der Waals surface area (Å²) < 4.78 is 0.923. The first kappa shape index (κ1) is 15.1. The third-order valence-corrected chi connectivity index (χ3v) is 3.27. The van der Waals surface area contributed by atoms with Gasteiger partial charge in [-0.05, 0) is 36.4 Å². The van der Waals surface area contributed by atoms with E-state index in [9.17, 15) is 4.79 Å². The summed E-state index contributed by atoms with van der Waals surface area (Å²) in [5, 5.41) is 14.8. The highest BCUT2D eigenvalue weighted by Crippen LogP contribution is 2.15. The molecule has 0 bridgehead atoms. The number of rotatable bonds is 5. The van der Waals surface area contributed by atoms with Crippen molar-refractivity contribution in [2.75, 3.05) is 17.2 Å². The van der Waals surface area contributed by atoms with Gasteiger partial charge in [-0.15, -0.1) is 0 Å². The second-order valence-electron chi connectivity index (χ2n) is 4.43. The third kappa shape index (κ3) is 4.93. The van der Waals surface area contributed by atoms with E-state index in [2.05, 4.69) is 32.6 Å². The van der Waals surface area contributed by atoms with Gasteiger partial charge in [0.2, 0.25) is 5.91 Å². The minimum Gasteiger partial charge on any atom is -0.384 e. The van der Waals surface area contributed by atoms with Gasteiger partial charge >= 0.3 is 0 Å². The molecule has 4 nitrogen and oxygen atoms in total. The van der Waals surface area contributed by atoms with Crippen molar-refractivity contribution in [3.63, 3.8) is 0 Å². The third-order valence-electron chi connectivity index (χ3n) is 2.78. The second-order valence-corrected chi connectivity index (χ2v) is 5.34. The summed E-state index contributed by atoms with van der Waals surface area (Å²) in [5.41, 5.74) is 2.20. The van der Waals surface area contributed by atoms with Gasteiger partial charge in [-0.1, -0.05) is 28.1 Å². The molecule has 0 aromatic heterocycles. The number of carbonyl (C=O) groups is 1. The van der Waals surface area contributed by atoms with Gasteiger partial charge < -0.3 is 10.6 Å². The van der Waals surface area contributed by atoms with Crippen molar-refractivity contribution in [1.29, 1.82) is 5.26 Å². The molecule has 5 heteroatoms. The highest BCUT2D eigenvalue weighted by molar-refractivity contribution is 9.10. The van der Waals surface area contributed by atoms with Crippen LogP contribution in [-0.4, -0.2) is 12.5 Å². The van der Waals surface area contributed by atoms with Crippen LogP contribution in [0.5, 0.6) is 0 Å². The number of nitrogens with one attached hydrogen (secondary N) is 2. The minimum atomic E-state index is -0.0583. The van der Waals surface area contributed by atoms with Gasteiger partial charge in [0.05, 0.1) is 11.6 Å². The van der Waals surface area contributed by atoms with E-state index in [4.69, 9.17) is 5.26 Å².